The largest absolute Gasteiger partial charge is 0.396 e. The summed E-state index contributed by atoms with van der Waals surface area (Å²) in [7, 11) is 0. The smallest absolute Gasteiger partial charge is 0.124 e. The minimum atomic E-state index is -0.306. The first-order valence-corrected chi connectivity index (χ1v) is 6.84. The van der Waals surface area contributed by atoms with Crippen LogP contribution in [0.15, 0.2) is 18.2 Å². The molecule has 2 atom stereocenters. The quantitative estimate of drug-likeness (QED) is 0.863. The predicted octanol–water partition coefficient (Wildman–Crippen LogP) is 2.98. The zero-order valence-corrected chi connectivity index (χ0v) is 11.1. The van der Waals surface area contributed by atoms with Crippen molar-refractivity contribution in [2.75, 3.05) is 13.2 Å². The molecule has 1 aromatic rings. The van der Waals surface area contributed by atoms with E-state index in [9.17, 15) is 9.50 Å². The van der Waals surface area contributed by atoms with E-state index in [0.717, 1.165) is 18.5 Å². The molecular weight excluding hydrogens is 253 g/mol. The maximum atomic E-state index is 12.9. The summed E-state index contributed by atoms with van der Waals surface area (Å²) in [6.07, 6.45) is 3.50. The molecule has 0 spiro atoms. The average Bonchev–Trinajstić information content (AvgIpc) is 2.79. The van der Waals surface area contributed by atoms with E-state index in [0.29, 0.717) is 23.4 Å². The van der Waals surface area contributed by atoms with E-state index in [2.05, 4.69) is 5.32 Å². The Balaban J connectivity index is 1.81. The van der Waals surface area contributed by atoms with Crippen molar-refractivity contribution in [2.45, 2.75) is 25.8 Å². The van der Waals surface area contributed by atoms with Crippen molar-refractivity contribution in [1.82, 2.24) is 5.32 Å². The van der Waals surface area contributed by atoms with Crippen LogP contribution in [0.1, 0.15) is 24.8 Å². The Hall–Kier alpha value is -0.640. The molecule has 0 bridgehead atoms. The van der Waals surface area contributed by atoms with Gasteiger partial charge in [0.1, 0.15) is 5.82 Å². The van der Waals surface area contributed by atoms with Gasteiger partial charge in [0.15, 0.2) is 0 Å². The predicted molar refractivity (Wildman–Crippen MR) is 71.0 cm³/mol. The molecule has 0 amide bonds. The molecule has 0 heterocycles. The van der Waals surface area contributed by atoms with Gasteiger partial charge in [-0.1, -0.05) is 24.1 Å². The van der Waals surface area contributed by atoms with E-state index < -0.39 is 0 Å². The fraction of sp³-hybridized carbons (Fsp3) is 0.571. The summed E-state index contributed by atoms with van der Waals surface area (Å²) >= 11 is 5.96. The first kappa shape index (κ1) is 13.8. The van der Waals surface area contributed by atoms with Gasteiger partial charge in [-0.25, -0.2) is 4.39 Å². The molecule has 0 aliphatic heterocycles. The first-order valence-electron chi connectivity index (χ1n) is 6.46. The van der Waals surface area contributed by atoms with E-state index in [1.54, 1.807) is 6.07 Å². The minimum Gasteiger partial charge on any atom is -0.396 e. The van der Waals surface area contributed by atoms with Crippen LogP contribution in [-0.4, -0.2) is 18.3 Å². The molecule has 1 aliphatic carbocycles. The third-order valence-electron chi connectivity index (χ3n) is 3.79. The summed E-state index contributed by atoms with van der Waals surface area (Å²) in [5.74, 6) is 0.676. The SMILES string of the molecule is OCC1CCCC1CNCc1ccc(F)cc1Cl. The van der Waals surface area contributed by atoms with Crippen LogP contribution in [0.25, 0.3) is 0 Å². The topological polar surface area (TPSA) is 32.3 Å². The summed E-state index contributed by atoms with van der Waals surface area (Å²) in [5.41, 5.74) is 0.914. The fourth-order valence-corrected chi connectivity index (χ4v) is 2.91. The van der Waals surface area contributed by atoms with Gasteiger partial charge in [-0.3, -0.25) is 0 Å². The molecule has 2 unspecified atom stereocenters. The number of halogens is 2. The molecular formula is C14H19ClFNO. The lowest BCUT2D eigenvalue weighted by molar-refractivity contribution is 0.192. The Morgan fingerprint density at radius 1 is 1.33 bits per heavy atom. The Morgan fingerprint density at radius 3 is 2.83 bits per heavy atom. The Labute approximate surface area is 112 Å². The summed E-state index contributed by atoms with van der Waals surface area (Å²) in [6, 6.07) is 4.47. The van der Waals surface area contributed by atoms with Crippen LogP contribution >= 0.6 is 11.6 Å². The number of aliphatic hydroxyl groups is 1. The second-order valence-electron chi connectivity index (χ2n) is 5.00. The number of aliphatic hydroxyl groups excluding tert-OH is 1. The van der Waals surface area contributed by atoms with Gasteiger partial charge < -0.3 is 10.4 Å². The molecule has 1 aromatic carbocycles. The van der Waals surface area contributed by atoms with Gasteiger partial charge in [-0.05, 0) is 48.9 Å². The minimum absolute atomic E-state index is 0.281. The van der Waals surface area contributed by atoms with E-state index in [1.807, 2.05) is 0 Å². The van der Waals surface area contributed by atoms with Crippen molar-refractivity contribution in [2.24, 2.45) is 11.8 Å². The molecule has 4 heteroatoms. The fourth-order valence-electron chi connectivity index (χ4n) is 2.68. The van der Waals surface area contributed by atoms with Gasteiger partial charge >= 0.3 is 0 Å². The van der Waals surface area contributed by atoms with Crippen LogP contribution in [0.2, 0.25) is 5.02 Å². The van der Waals surface area contributed by atoms with Crippen molar-refractivity contribution < 1.29 is 9.50 Å². The van der Waals surface area contributed by atoms with Crippen LogP contribution in [0.4, 0.5) is 4.39 Å². The zero-order valence-electron chi connectivity index (χ0n) is 10.3. The Morgan fingerprint density at radius 2 is 2.11 bits per heavy atom. The normalized spacial score (nSPS) is 23.5. The number of rotatable bonds is 5. The van der Waals surface area contributed by atoms with Crippen LogP contribution in [-0.2, 0) is 6.54 Å². The van der Waals surface area contributed by atoms with Gasteiger partial charge in [-0.15, -0.1) is 0 Å². The molecule has 2 rings (SSSR count). The van der Waals surface area contributed by atoms with Crippen LogP contribution in [0, 0.1) is 17.7 Å². The lowest BCUT2D eigenvalue weighted by Gasteiger charge is -2.18. The van der Waals surface area contributed by atoms with Crippen LogP contribution < -0.4 is 5.32 Å². The molecule has 100 valence electrons. The van der Waals surface area contributed by atoms with E-state index in [-0.39, 0.29) is 12.4 Å². The maximum Gasteiger partial charge on any atom is 0.124 e. The molecule has 0 saturated heterocycles. The van der Waals surface area contributed by atoms with Gasteiger partial charge in [0.25, 0.3) is 0 Å². The highest BCUT2D eigenvalue weighted by Crippen LogP contribution is 2.30. The number of nitrogens with one attached hydrogen (secondary N) is 1. The van der Waals surface area contributed by atoms with Gasteiger partial charge in [-0.2, -0.15) is 0 Å². The van der Waals surface area contributed by atoms with Crippen LogP contribution in [0.3, 0.4) is 0 Å². The second-order valence-corrected chi connectivity index (χ2v) is 5.41. The highest BCUT2D eigenvalue weighted by Gasteiger charge is 2.25. The van der Waals surface area contributed by atoms with Crippen LogP contribution in [0.5, 0.6) is 0 Å². The summed E-state index contributed by atoms with van der Waals surface area (Å²) < 4.78 is 12.9. The third kappa shape index (κ3) is 3.44. The average molecular weight is 272 g/mol. The lowest BCUT2D eigenvalue weighted by atomic mass is 9.97. The standard InChI is InChI=1S/C14H19ClFNO/c15-14-6-13(16)5-4-11(14)8-17-7-10-2-1-3-12(10)9-18/h4-6,10,12,17-18H,1-3,7-9H2. The van der Waals surface area contributed by atoms with Crippen molar-refractivity contribution >= 4 is 11.6 Å². The zero-order chi connectivity index (χ0) is 13.0. The van der Waals surface area contributed by atoms with Gasteiger partial charge in [0, 0.05) is 18.2 Å². The Bertz CT molecular complexity index is 399. The highest BCUT2D eigenvalue weighted by molar-refractivity contribution is 6.31. The molecule has 1 saturated carbocycles. The number of benzene rings is 1. The molecule has 1 fully saturated rings. The monoisotopic (exact) mass is 271 g/mol. The van der Waals surface area contributed by atoms with Crippen molar-refractivity contribution in [3.63, 3.8) is 0 Å². The summed E-state index contributed by atoms with van der Waals surface area (Å²) in [4.78, 5) is 0. The molecule has 2 nitrogen and oxygen atoms in total. The summed E-state index contributed by atoms with van der Waals surface area (Å²) in [5, 5.41) is 13.1. The molecule has 0 radical (unpaired) electrons. The lowest BCUT2D eigenvalue weighted by Crippen LogP contribution is -2.26. The van der Waals surface area contributed by atoms with E-state index >= 15 is 0 Å². The van der Waals surface area contributed by atoms with Gasteiger partial charge in [0.05, 0.1) is 0 Å². The van der Waals surface area contributed by atoms with Crippen molar-refractivity contribution in [1.29, 1.82) is 0 Å². The van der Waals surface area contributed by atoms with Gasteiger partial charge in [0.2, 0.25) is 0 Å². The second kappa shape index (κ2) is 6.50. The molecule has 2 N–H and O–H groups in total. The number of hydrogen-bond acceptors (Lipinski definition) is 2. The summed E-state index contributed by atoms with van der Waals surface area (Å²) in [6.45, 7) is 1.82. The Kier molecular flexibility index (Phi) is 4.98. The maximum absolute atomic E-state index is 12.9. The highest BCUT2D eigenvalue weighted by atomic mass is 35.5. The van der Waals surface area contributed by atoms with E-state index in [4.69, 9.17) is 11.6 Å². The molecule has 18 heavy (non-hydrogen) atoms. The van der Waals surface area contributed by atoms with Crippen molar-refractivity contribution in [3.05, 3.63) is 34.6 Å². The molecule has 0 aromatic heterocycles. The number of hydrogen-bond donors (Lipinski definition) is 2. The van der Waals surface area contributed by atoms with E-state index in [1.165, 1.54) is 25.0 Å². The first-order chi connectivity index (χ1) is 8.70. The van der Waals surface area contributed by atoms with Crippen molar-refractivity contribution in [3.8, 4) is 0 Å². The molecule has 1 aliphatic rings. The third-order valence-corrected chi connectivity index (χ3v) is 4.14.